The van der Waals surface area contributed by atoms with Crippen LogP contribution in [-0.2, 0) is 9.53 Å². The summed E-state index contributed by atoms with van der Waals surface area (Å²) in [4.78, 5) is 14.9. The Morgan fingerprint density at radius 1 is 1.53 bits per heavy atom. The molecule has 0 fully saturated rings. The molecule has 17 heavy (non-hydrogen) atoms. The molecule has 0 bridgehead atoms. The third-order valence-corrected chi connectivity index (χ3v) is 2.20. The van der Waals surface area contributed by atoms with Crippen LogP contribution in [0.15, 0.2) is 17.1 Å². The number of allylic oxidation sites excluding steroid dienone is 1. The molecule has 5 N–H and O–H groups in total. The van der Waals surface area contributed by atoms with Crippen molar-refractivity contribution in [2.45, 2.75) is 25.3 Å². The molecular formula is C11H21N3O3. The summed E-state index contributed by atoms with van der Waals surface area (Å²) in [6.07, 6.45) is 4.54. The van der Waals surface area contributed by atoms with E-state index in [4.69, 9.17) is 21.3 Å². The number of ether oxygens (including phenoxy) is 1. The second-order valence-corrected chi connectivity index (χ2v) is 3.89. The molecule has 0 aliphatic rings. The van der Waals surface area contributed by atoms with Crippen LogP contribution in [0.4, 0.5) is 0 Å². The van der Waals surface area contributed by atoms with E-state index in [9.17, 15) is 4.79 Å². The number of carboxylic acids is 1. The van der Waals surface area contributed by atoms with Gasteiger partial charge >= 0.3 is 5.97 Å². The number of methoxy groups -OCH3 is 1. The third-order valence-electron chi connectivity index (χ3n) is 2.20. The first-order valence-corrected chi connectivity index (χ1v) is 5.35. The highest BCUT2D eigenvalue weighted by Gasteiger charge is 2.32. The first-order valence-electron chi connectivity index (χ1n) is 5.35. The van der Waals surface area contributed by atoms with Crippen molar-refractivity contribution in [1.29, 1.82) is 0 Å². The molecule has 0 aromatic carbocycles. The Balaban J connectivity index is 4.07. The average molecular weight is 243 g/mol. The zero-order valence-corrected chi connectivity index (χ0v) is 10.3. The fourth-order valence-electron chi connectivity index (χ4n) is 1.23. The highest BCUT2D eigenvalue weighted by atomic mass is 16.5. The molecule has 0 aliphatic carbocycles. The van der Waals surface area contributed by atoms with Crippen molar-refractivity contribution in [1.82, 2.24) is 0 Å². The van der Waals surface area contributed by atoms with Crippen LogP contribution in [0.3, 0.4) is 0 Å². The lowest BCUT2D eigenvalue weighted by Crippen LogP contribution is -2.51. The minimum absolute atomic E-state index is 0.00374. The largest absolute Gasteiger partial charge is 0.480 e. The van der Waals surface area contributed by atoms with Gasteiger partial charge in [-0.2, -0.15) is 0 Å². The SMILES string of the molecule is COCC(N)(CC/C=C\CN=C(C)N)C(=O)O. The Bertz CT molecular complexity index is 298. The van der Waals surface area contributed by atoms with Gasteiger partial charge in [-0.05, 0) is 19.8 Å². The van der Waals surface area contributed by atoms with Gasteiger partial charge in [-0.1, -0.05) is 12.2 Å². The van der Waals surface area contributed by atoms with Gasteiger partial charge in [0.25, 0.3) is 0 Å². The predicted molar refractivity (Wildman–Crippen MR) is 67.0 cm³/mol. The summed E-state index contributed by atoms with van der Waals surface area (Å²) < 4.78 is 4.81. The second kappa shape index (κ2) is 7.81. The van der Waals surface area contributed by atoms with Crippen LogP contribution in [-0.4, -0.2) is 42.7 Å². The molecule has 1 unspecified atom stereocenters. The molecule has 0 rings (SSSR count). The maximum absolute atomic E-state index is 11.0. The van der Waals surface area contributed by atoms with E-state index in [1.54, 1.807) is 6.92 Å². The van der Waals surface area contributed by atoms with E-state index < -0.39 is 11.5 Å². The number of hydrogen-bond acceptors (Lipinski definition) is 4. The van der Waals surface area contributed by atoms with Gasteiger partial charge in [0.2, 0.25) is 0 Å². The highest BCUT2D eigenvalue weighted by molar-refractivity contribution is 5.78. The van der Waals surface area contributed by atoms with Crippen LogP contribution >= 0.6 is 0 Å². The number of amidine groups is 1. The van der Waals surface area contributed by atoms with Gasteiger partial charge in [-0.25, -0.2) is 0 Å². The Morgan fingerprint density at radius 3 is 2.65 bits per heavy atom. The minimum Gasteiger partial charge on any atom is -0.480 e. The quantitative estimate of drug-likeness (QED) is 0.319. The number of nitrogens with two attached hydrogens (primary N) is 2. The molecule has 1 atom stereocenters. The van der Waals surface area contributed by atoms with Crippen molar-refractivity contribution in [2.75, 3.05) is 20.3 Å². The Hall–Kier alpha value is -1.40. The van der Waals surface area contributed by atoms with Crippen LogP contribution in [0.2, 0.25) is 0 Å². The van der Waals surface area contributed by atoms with E-state index in [1.165, 1.54) is 7.11 Å². The topological polar surface area (TPSA) is 111 Å². The fraction of sp³-hybridized carbons (Fsp3) is 0.636. The molecule has 0 aromatic heterocycles. The summed E-state index contributed by atoms with van der Waals surface area (Å²) >= 11 is 0. The van der Waals surface area contributed by atoms with Crippen LogP contribution in [0.25, 0.3) is 0 Å². The number of rotatable bonds is 8. The lowest BCUT2D eigenvalue weighted by atomic mass is 9.96. The number of carboxylic acid groups (broad SMARTS) is 1. The van der Waals surface area contributed by atoms with Crippen molar-refractivity contribution in [2.24, 2.45) is 16.5 Å². The van der Waals surface area contributed by atoms with E-state index >= 15 is 0 Å². The molecule has 0 heterocycles. The first-order chi connectivity index (χ1) is 7.92. The molecule has 98 valence electrons. The lowest BCUT2D eigenvalue weighted by Gasteiger charge is -2.22. The van der Waals surface area contributed by atoms with Crippen molar-refractivity contribution in [3.63, 3.8) is 0 Å². The van der Waals surface area contributed by atoms with Crippen LogP contribution < -0.4 is 11.5 Å². The normalized spacial score (nSPS) is 16.1. The van der Waals surface area contributed by atoms with Gasteiger partial charge in [0.15, 0.2) is 0 Å². The van der Waals surface area contributed by atoms with Gasteiger partial charge < -0.3 is 21.3 Å². The molecule has 0 radical (unpaired) electrons. The zero-order chi connectivity index (χ0) is 13.3. The van der Waals surface area contributed by atoms with Crippen LogP contribution in [0, 0.1) is 0 Å². The fourth-order valence-corrected chi connectivity index (χ4v) is 1.23. The van der Waals surface area contributed by atoms with Gasteiger partial charge in [0.1, 0.15) is 5.54 Å². The average Bonchev–Trinajstić information content (AvgIpc) is 2.23. The Kier molecular flexibility index (Phi) is 7.16. The monoisotopic (exact) mass is 243 g/mol. The first kappa shape index (κ1) is 15.6. The molecule has 0 aromatic rings. The smallest absolute Gasteiger partial charge is 0.326 e. The number of carbonyl (C=O) groups is 1. The molecule has 0 aliphatic heterocycles. The molecule has 6 nitrogen and oxygen atoms in total. The number of nitrogens with zero attached hydrogens (tertiary/aromatic N) is 1. The van der Waals surface area contributed by atoms with Gasteiger partial charge in [0, 0.05) is 7.11 Å². The number of aliphatic carboxylic acids is 1. The molecule has 6 heteroatoms. The number of aliphatic imine (C=N–C) groups is 1. The summed E-state index contributed by atoms with van der Waals surface area (Å²) in [6, 6.07) is 0. The Labute approximate surface area is 101 Å². The van der Waals surface area contributed by atoms with Crippen LogP contribution in [0.1, 0.15) is 19.8 Å². The molecule has 0 saturated heterocycles. The summed E-state index contributed by atoms with van der Waals surface area (Å²) in [5.74, 6) is -0.531. The molecule has 0 amide bonds. The molecule has 0 spiro atoms. The van der Waals surface area contributed by atoms with Gasteiger partial charge in [-0.3, -0.25) is 9.79 Å². The number of hydrogen-bond donors (Lipinski definition) is 3. The van der Waals surface area contributed by atoms with Crippen molar-refractivity contribution in [3.05, 3.63) is 12.2 Å². The minimum atomic E-state index is -1.33. The second-order valence-electron chi connectivity index (χ2n) is 3.89. The van der Waals surface area contributed by atoms with E-state index in [0.29, 0.717) is 25.2 Å². The highest BCUT2D eigenvalue weighted by Crippen LogP contribution is 2.11. The van der Waals surface area contributed by atoms with Crippen molar-refractivity contribution in [3.8, 4) is 0 Å². The zero-order valence-electron chi connectivity index (χ0n) is 10.3. The summed E-state index contributed by atoms with van der Waals surface area (Å²) in [6.45, 7) is 2.20. The van der Waals surface area contributed by atoms with Crippen molar-refractivity contribution < 1.29 is 14.6 Å². The molecule has 0 saturated carbocycles. The van der Waals surface area contributed by atoms with Gasteiger partial charge in [0.05, 0.1) is 19.0 Å². The van der Waals surface area contributed by atoms with Gasteiger partial charge in [-0.15, -0.1) is 0 Å². The Morgan fingerprint density at radius 2 is 2.18 bits per heavy atom. The van der Waals surface area contributed by atoms with Crippen LogP contribution in [0.5, 0.6) is 0 Å². The van der Waals surface area contributed by atoms with E-state index in [2.05, 4.69) is 4.99 Å². The predicted octanol–water partition coefficient (Wildman–Crippen LogP) is 0.128. The maximum atomic E-state index is 11.0. The van der Waals surface area contributed by atoms with Crippen molar-refractivity contribution >= 4 is 11.8 Å². The summed E-state index contributed by atoms with van der Waals surface area (Å²) in [5, 5.41) is 8.97. The van der Waals surface area contributed by atoms with E-state index in [1.807, 2.05) is 12.2 Å². The summed E-state index contributed by atoms with van der Waals surface area (Å²) in [7, 11) is 1.43. The standard InChI is InChI=1S/C11H21N3O3/c1-9(12)14-7-5-3-4-6-11(13,8-17-2)10(15)16/h3,5H,4,6-8,13H2,1-2H3,(H2,12,14)(H,15,16)/b5-3-. The lowest BCUT2D eigenvalue weighted by molar-refractivity contribution is -0.145. The van der Waals surface area contributed by atoms with E-state index in [0.717, 1.165) is 0 Å². The maximum Gasteiger partial charge on any atom is 0.326 e. The molecular weight excluding hydrogens is 222 g/mol. The third kappa shape index (κ3) is 6.70. The van der Waals surface area contributed by atoms with E-state index in [-0.39, 0.29) is 6.61 Å². The summed E-state index contributed by atoms with van der Waals surface area (Å²) in [5.41, 5.74) is 9.74.